The summed E-state index contributed by atoms with van der Waals surface area (Å²) in [5, 5.41) is 5.50. The van der Waals surface area contributed by atoms with Crippen LogP contribution in [-0.2, 0) is 14.3 Å². The number of carbonyl (C=O) groups is 3. The van der Waals surface area contributed by atoms with Crippen LogP contribution in [0.25, 0.3) is 0 Å². The standard InChI is InChI=1S/C18H34N6O4/c19-13-7-3-1-2-4-9-15(13)23-18(27)28-12-10-16(25)22-11-6-5-8-14(20)17(26)24-21/h3,7,13-15H,1-2,4-6,8-12,19-21H2,(H,22,25)(H,23,27)(H,24,26)/b7-3+/t13-,14?,15-/m1/s1. The second-order valence-corrected chi connectivity index (χ2v) is 6.89. The molecule has 0 saturated heterocycles. The fourth-order valence-corrected chi connectivity index (χ4v) is 2.85. The number of rotatable bonds is 10. The van der Waals surface area contributed by atoms with Gasteiger partial charge in [-0.25, -0.2) is 10.6 Å². The lowest BCUT2D eigenvalue weighted by Gasteiger charge is -2.24. The normalized spacial score (nSPS) is 21.5. The average molecular weight is 399 g/mol. The maximum absolute atomic E-state index is 11.9. The Morgan fingerprint density at radius 3 is 2.75 bits per heavy atom. The number of hydrogen-bond donors (Lipinski definition) is 6. The third-order valence-electron chi connectivity index (χ3n) is 4.57. The second-order valence-electron chi connectivity index (χ2n) is 6.89. The first-order valence-corrected chi connectivity index (χ1v) is 9.82. The number of carbonyl (C=O) groups excluding carboxylic acids is 3. The molecule has 10 nitrogen and oxygen atoms in total. The van der Waals surface area contributed by atoms with Crippen LogP contribution in [0.3, 0.4) is 0 Å². The molecule has 3 amide bonds. The molecule has 28 heavy (non-hydrogen) atoms. The molecule has 160 valence electrons. The van der Waals surface area contributed by atoms with Crippen molar-refractivity contribution in [2.24, 2.45) is 17.3 Å². The minimum atomic E-state index is -0.644. The minimum Gasteiger partial charge on any atom is -0.449 e. The van der Waals surface area contributed by atoms with Crippen molar-refractivity contribution in [2.75, 3.05) is 13.2 Å². The van der Waals surface area contributed by atoms with Crippen LogP contribution in [0.1, 0.15) is 51.4 Å². The Hall–Kier alpha value is -2.17. The number of hydrogen-bond acceptors (Lipinski definition) is 7. The molecule has 0 aromatic rings. The van der Waals surface area contributed by atoms with Crippen LogP contribution >= 0.6 is 0 Å². The van der Waals surface area contributed by atoms with Crippen molar-refractivity contribution in [3.05, 3.63) is 12.2 Å². The first-order chi connectivity index (χ1) is 13.4. The summed E-state index contributed by atoms with van der Waals surface area (Å²) < 4.78 is 5.07. The van der Waals surface area contributed by atoms with Gasteiger partial charge in [0.15, 0.2) is 0 Å². The van der Waals surface area contributed by atoms with Crippen molar-refractivity contribution in [3.63, 3.8) is 0 Å². The molecule has 0 saturated carbocycles. The summed E-state index contributed by atoms with van der Waals surface area (Å²) in [5.41, 5.74) is 13.6. The molecule has 10 heteroatoms. The molecule has 0 fully saturated rings. The van der Waals surface area contributed by atoms with E-state index in [-0.39, 0.29) is 31.0 Å². The van der Waals surface area contributed by atoms with Gasteiger partial charge in [0.2, 0.25) is 5.91 Å². The summed E-state index contributed by atoms with van der Waals surface area (Å²) >= 11 is 0. The molecular weight excluding hydrogens is 364 g/mol. The van der Waals surface area contributed by atoms with Crippen LogP contribution in [0.2, 0.25) is 0 Å². The Bertz CT molecular complexity index is 528. The SMILES string of the molecule is NNC(=O)C(N)CCCCNC(=O)CCOC(=O)N[C@@H]1CCCC/C=C/[C@H]1N. The van der Waals surface area contributed by atoms with Crippen molar-refractivity contribution in [1.29, 1.82) is 0 Å². The van der Waals surface area contributed by atoms with Crippen molar-refractivity contribution in [1.82, 2.24) is 16.1 Å². The van der Waals surface area contributed by atoms with E-state index < -0.39 is 18.0 Å². The maximum atomic E-state index is 11.9. The first kappa shape index (κ1) is 23.9. The van der Waals surface area contributed by atoms with Crippen LogP contribution in [0.5, 0.6) is 0 Å². The molecule has 9 N–H and O–H groups in total. The Kier molecular flexibility index (Phi) is 11.9. The molecule has 1 rings (SSSR count). The van der Waals surface area contributed by atoms with E-state index in [4.69, 9.17) is 22.0 Å². The Morgan fingerprint density at radius 1 is 1.21 bits per heavy atom. The van der Waals surface area contributed by atoms with Gasteiger partial charge in [0.25, 0.3) is 5.91 Å². The van der Waals surface area contributed by atoms with Gasteiger partial charge in [-0.1, -0.05) is 18.6 Å². The number of nitrogens with one attached hydrogen (secondary N) is 3. The van der Waals surface area contributed by atoms with Gasteiger partial charge in [-0.15, -0.1) is 0 Å². The summed E-state index contributed by atoms with van der Waals surface area (Å²) in [6, 6.07) is -1.04. The Morgan fingerprint density at radius 2 is 2.00 bits per heavy atom. The van der Waals surface area contributed by atoms with E-state index in [1.165, 1.54) is 0 Å². The summed E-state index contributed by atoms with van der Waals surface area (Å²) in [7, 11) is 0. The molecule has 0 spiro atoms. The van der Waals surface area contributed by atoms with Crippen LogP contribution in [-0.4, -0.2) is 49.2 Å². The topological polar surface area (TPSA) is 175 Å². The van der Waals surface area contributed by atoms with Gasteiger partial charge in [-0.3, -0.25) is 15.0 Å². The van der Waals surface area contributed by atoms with E-state index in [1.807, 2.05) is 17.6 Å². The molecule has 1 aliphatic rings. The van der Waals surface area contributed by atoms with Crippen LogP contribution in [0, 0.1) is 0 Å². The number of hydrazine groups is 1. The molecular formula is C18H34N6O4. The maximum Gasteiger partial charge on any atom is 0.407 e. The van der Waals surface area contributed by atoms with E-state index >= 15 is 0 Å². The highest BCUT2D eigenvalue weighted by Crippen LogP contribution is 2.11. The quantitative estimate of drug-likeness (QED) is 0.0948. The number of alkyl carbamates (subject to hydrolysis) is 1. The summed E-state index contributed by atoms with van der Waals surface area (Å²) in [4.78, 5) is 34.8. The summed E-state index contributed by atoms with van der Waals surface area (Å²) in [5.74, 6) is 4.38. The zero-order valence-corrected chi connectivity index (χ0v) is 16.3. The van der Waals surface area contributed by atoms with Gasteiger partial charge < -0.3 is 26.8 Å². The van der Waals surface area contributed by atoms with Crippen LogP contribution in [0.15, 0.2) is 12.2 Å². The first-order valence-electron chi connectivity index (χ1n) is 9.82. The molecule has 0 aliphatic heterocycles. The molecule has 1 aliphatic carbocycles. The van der Waals surface area contributed by atoms with Gasteiger partial charge in [-0.05, 0) is 38.5 Å². The molecule has 0 aromatic heterocycles. The fourth-order valence-electron chi connectivity index (χ4n) is 2.85. The average Bonchev–Trinajstić information content (AvgIpc) is 2.66. The highest BCUT2D eigenvalue weighted by atomic mass is 16.5. The molecule has 0 aromatic carbocycles. The molecule has 0 heterocycles. The number of amides is 3. The highest BCUT2D eigenvalue weighted by molar-refractivity contribution is 5.80. The second kappa shape index (κ2) is 13.9. The number of nitrogens with two attached hydrogens (primary N) is 3. The van der Waals surface area contributed by atoms with Crippen molar-refractivity contribution < 1.29 is 19.1 Å². The molecule has 1 unspecified atom stereocenters. The zero-order chi connectivity index (χ0) is 20.8. The number of ether oxygens (including phenoxy) is 1. The van der Waals surface area contributed by atoms with E-state index in [1.54, 1.807) is 0 Å². The molecule has 0 bridgehead atoms. The highest BCUT2D eigenvalue weighted by Gasteiger charge is 2.19. The number of allylic oxidation sites excluding steroid dienone is 1. The molecule has 0 radical (unpaired) electrons. The van der Waals surface area contributed by atoms with Crippen molar-refractivity contribution in [2.45, 2.75) is 69.5 Å². The van der Waals surface area contributed by atoms with Gasteiger partial charge in [-0.2, -0.15) is 0 Å². The smallest absolute Gasteiger partial charge is 0.407 e. The predicted octanol–water partition coefficient (Wildman–Crippen LogP) is -0.467. The number of unbranched alkanes of at least 4 members (excludes halogenated alkanes) is 1. The zero-order valence-electron chi connectivity index (χ0n) is 16.3. The minimum absolute atomic E-state index is 0.00297. The van der Waals surface area contributed by atoms with Crippen LogP contribution in [0.4, 0.5) is 4.79 Å². The molecule has 3 atom stereocenters. The van der Waals surface area contributed by atoms with E-state index in [0.717, 1.165) is 25.7 Å². The predicted molar refractivity (Wildman–Crippen MR) is 106 cm³/mol. The van der Waals surface area contributed by atoms with E-state index in [2.05, 4.69) is 10.6 Å². The van der Waals surface area contributed by atoms with E-state index in [0.29, 0.717) is 25.8 Å². The largest absolute Gasteiger partial charge is 0.449 e. The lowest BCUT2D eigenvalue weighted by molar-refractivity contribution is -0.123. The Labute approximate surface area is 165 Å². The third kappa shape index (κ3) is 10.2. The van der Waals surface area contributed by atoms with Gasteiger partial charge >= 0.3 is 6.09 Å². The van der Waals surface area contributed by atoms with Crippen LogP contribution < -0.4 is 33.4 Å². The Balaban J connectivity index is 2.10. The lowest BCUT2D eigenvalue weighted by Crippen LogP contribution is -2.47. The van der Waals surface area contributed by atoms with Crippen molar-refractivity contribution in [3.8, 4) is 0 Å². The van der Waals surface area contributed by atoms with Gasteiger partial charge in [0.05, 0.1) is 18.5 Å². The fraction of sp³-hybridized carbons (Fsp3) is 0.722. The summed E-state index contributed by atoms with van der Waals surface area (Å²) in [6.45, 7) is 0.461. The lowest BCUT2D eigenvalue weighted by atomic mass is 9.98. The van der Waals surface area contributed by atoms with Gasteiger partial charge in [0, 0.05) is 12.6 Å². The van der Waals surface area contributed by atoms with E-state index in [9.17, 15) is 14.4 Å². The monoisotopic (exact) mass is 398 g/mol. The van der Waals surface area contributed by atoms with Crippen molar-refractivity contribution >= 4 is 17.9 Å². The third-order valence-corrected chi connectivity index (χ3v) is 4.57. The van der Waals surface area contributed by atoms with Gasteiger partial charge in [0.1, 0.15) is 6.61 Å². The summed E-state index contributed by atoms with van der Waals surface area (Å²) in [6.07, 6.45) is 9.20.